The minimum atomic E-state index is -0.490. The van der Waals surface area contributed by atoms with Crippen molar-refractivity contribution in [2.45, 2.75) is 25.9 Å². The zero-order valence-corrected chi connectivity index (χ0v) is 15.2. The molecule has 0 bridgehead atoms. The summed E-state index contributed by atoms with van der Waals surface area (Å²) in [5, 5.41) is 3.71. The number of methoxy groups -OCH3 is 1. The highest BCUT2D eigenvalue weighted by atomic mass is 35.5. The Balaban J connectivity index is 2.10. The van der Waals surface area contributed by atoms with Gasteiger partial charge in [0.05, 0.1) is 19.8 Å². The molecule has 0 saturated heterocycles. The predicted octanol–water partition coefficient (Wildman–Crippen LogP) is 2.93. The molecule has 0 aliphatic rings. The fourth-order valence-corrected chi connectivity index (χ4v) is 2.72. The van der Waals surface area contributed by atoms with E-state index in [0.29, 0.717) is 36.1 Å². The maximum Gasteiger partial charge on any atom is 0.234 e. The van der Waals surface area contributed by atoms with Gasteiger partial charge in [0.25, 0.3) is 0 Å². The molecule has 0 aliphatic heterocycles. The van der Waals surface area contributed by atoms with E-state index in [0.717, 1.165) is 11.1 Å². The van der Waals surface area contributed by atoms with Gasteiger partial charge in [0.1, 0.15) is 0 Å². The maximum absolute atomic E-state index is 11.8. The second-order valence-electron chi connectivity index (χ2n) is 5.55. The van der Waals surface area contributed by atoms with Gasteiger partial charge in [0.2, 0.25) is 5.91 Å². The normalized spacial score (nSPS) is 11.8. The molecule has 0 aliphatic carbocycles. The zero-order chi connectivity index (χ0) is 18.2. The summed E-state index contributed by atoms with van der Waals surface area (Å²) < 4.78 is 10.8. The van der Waals surface area contributed by atoms with Gasteiger partial charge in [-0.05, 0) is 30.5 Å². The lowest BCUT2D eigenvalue weighted by molar-refractivity contribution is -0.120. The molecule has 25 heavy (non-hydrogen) atoms. The number of nitrogens with one attached hydrogen (secondary N) is 1. The van der Waals surface area contributed by atoms with Gasteiger partial charge >= 0.3 is 0 Å². The van der Waals surface area contributed by atoms with Gasteiger partial charge in [-0.1, -0.05) is 41.9 Å². The van der Waals surface area contributed by atoms with Crippen LogP contribution < -0.4 is 20.5 Å². The summed E-state index contributed by atoms with van der Waals surface area (Å²) in [6.45, 7) is 2.80. The summed E-state index contributed by atoms with van der Waals surface area (Å²) in [5.41, 5.74) is 7.37. The van der Waals surface area contributed by atoms with Crippen molar-refractivity contribution in [2.24, 2.45) is 5.73 Å². The molecule has 3 N–H and O–H groups in total. The fourth-order valence-electron chi connectivity index (χ4n) is 2.50. The molecule has 0 heterocycles. The second kappa shape index (κ2) is 9.30. The smallest absolute Gasteiger partial charge is 0.234 e. The Bertz CT molecular complexity index is 707. The molecule has 0 spiro atoms. The third-order valence-corrected chi connectivity index (χ3v) is 4.15. The number of carbonyl (C=O) groups excluding carboxylic acids is 1. The van der Waals surface area contributed by atoms with Gasteiger partial charge in [-0.15, -0.1) is 0 Å². The molecule has 134 valence electrons. The van der Waals surface area contributed by atoms with E-state index in [1.807, 2.05) is 37.3 Å². The summed E-state index contributed by atoms with van der Waals surface area (Å²) in [6.07, 6.45) is 0.516. The van der Waals surface area contributed by atoms with Crippen molar-refractivity contribution in [3.63, 3.8) is 0 Å². The minimum absolute atomic E-state index is 0.391. The Morgan fingerprint density at radius 1 is 1.24 bits per heavy atom. The molecule has 0 fully saturated rings. The lowest BCUT2D eigenvalue weighted by Crippen LogP contribution is -2.42. The molecule has 0 radical (unpaired) electrons. The number of benzene rings is 2. The molecular weight excluding hydrogens is 340 g/mol. The fraction of sp³-hybridized carbons (Fsp3) is 0.316. The number of nitrogens with two attached hydrogens (primary N) is 1. The minimum Gasteiger partial charge on any atom is -0.493 e. The Morgan fingerprint density at radius 3 is 2.56 bits per heavy atom. The first-order valence-corrected chi connectivity index (χ1v) is 8.48. The van der Waals surface area contributed by atoms with Gasteiger partial charge in [-0.3, -0.25) is 4.79 Å². The van der Waals surface area contributed by atoms with E-state index in [-0.39, 0.29) is 0 Å². The Labute approximate surface area is 153 Å². The third-order valence-electron chi connectivity index (χ3n) is 3.80. The lowest BCUT2D eigenvalue weighted by atomic mass is 10.0. The van der Waals surface area contributed by atoms with Crippen LogP contribution in [0.4, 0.5) is 0 Å². The van der Waals surface area contributed by atoms with Crippen LogP contribution >= 0.6 is 11.6 Å². The summed E-state index contributed by atoms with van der Waals surface area (Å²) in [7, 11) is 1.57. The molecular formula is C19H23ClN2O3. The topological polar surface area (TPSA) is 73.6 Å². The average molecular weight is 363 g/mol. The Hall–Kier alpha value is -2.24. The Kier molecular flexibility index (Phi) is 7.10. The number of primary amides is 1. The van der Waals surface area contributed by atoms with Crippen molar-refractivity contribution < 1.29 is 14.3 Å². The van der Waals surface area contributed by atoms with Crippen LogP contribution in [-0.2, 0) is 17.8 Å². The van der Waals surface area contributed by atoms with E-state index in [9.17, 15) is 4.79 Å². The molecule has 2 rings (SSSR count). The van der Waals surface area contributed by atoms with Crippen molar-refractivity contribution in [1.29, 1.82) is 0 Å². The van der Waals surface area contributed by atoms with E-state index in [1.165, 1.54) is 0 Å². The summed E-state index contributed by atoms with van der Waals surface area (Å²) in [4.78, 5) is 11.8. The van der Waals surface area contributed by atoms with Crippen LogP contribution in [0.3, 0.4) is 0 Å². The average Bonchev–Trinajstić information content (AvgIpc) is 2.60. The monoisotopic (exact) mass is 362 g/mol. The van der Waals surface area contributed by atoms with Crippen LogP contribution in [-0.4, -0.2) is 25.7 Å². The highest BCUT2D eigenvalue weighted by Gasteiger charge is 2.17. The maximum atomic E-state index is 11.8. The predicted molar refractivity (Wildman–Crippen MR) is 99.1 cm³/mol. The Morgan fingerprint density at radius 2 is 1.96 bits per heavy atom. The molecule has 0 unspecified atom stereocenters. The molecule has 2 aromatic carbocycles. The summed E-state index contributed by atoms with van der Waals surface area (Å²) in [6, 6.07) is 12.8. The number of hydrogen-bond acceptors (Lipinski definition) is 4. The van der Waals surface area contributed by atoms with E-state index in [1.54, 1.807) is 19.2 Å². The second-order valence-corrected chi connectivity index (χ2v) is 5.96. The molecule has 6 heteroatoms. The zero-order valence-electron chi connectivity index (χ0n) is 14.4. The van der Waals surface area contributed by atoms with E-state index >= 15 is 0 Å². The number of carbonyl (C=O) groups is 1. The van der Waals surface area contributed by atoms with E-state index in [4.69, 9.17) is 26.8 Å². The van der Waals surface area contributed by atoms with Crippen molar-refractivity contribution in [3.05, 3.63) is 58.6 Å². The van der Waals surface area contributed by atoms with Crippen molar-refractivity contribution in [2.75, 3.05) is 13.7 Å². The molecule has 5 nitrogen and oxygen atoms in total. The molecule has 2 aromatic rings. The standard InChI is InChI=1S/C19H23ClN2O3/c1-3-25-18-11-15(20)14(10-17(18)24-2)12-22-16(19(21)23)9-13-7-5-4-6-8-13/h4-8,10-11,16,22H,3,9,12H2,1-2H3,(H2,21,23)/t16-/m0/s1. The molecule has 0 saturated carbocycles. The highest BCUT2D eigenvalue weighted by Crippen LogP contribution is 2.33. The lowest BCUT2D eigenvalue weighted by Gasteiger charge is -2.17. The first-order valence-electron chi connectivity index (χ1n) is 8.11. The van der Waals surface area contributed by atoms with Gasteiger partial charge in [-0.2, -0.15) is 0 Å². The number of ether oxygens (including phenoxy) is 2. The molecule has 1 amide bonds. The van der Waals surface area contributed by atoms with Crippen LogP contribution in [0.15, 0.2) is 42.5 Å². The van der Waals surface area contributed by atoms with Crippen LogP contribution in [0.5, 0.6) is 11.5 Å². The number of halogens is 1. The van der Waals surface area contributed by atoms with E-state index < -0.39 is 11.9 Å². The quantitative estimate of drug-likeness (QED) is 0.719. The van der Waals surface area contributed by atoms with Crippen molar-refractivity contribution in [3.8, 4) is 11.5 Å². The summed E-state index contributed by atoms with van der Waals surface area (Å²) >= 11 is 6.33. The summed E-state index contributed by atoms with van der Waals surface area (Å²) in [5.74, 6) is 0.786. The van der Waals surface area contributed by atoms with Crippen LogP contribution in [0.2, 0.25) is 5.02 Å². The van der Waals surface area contributed by atoms with Crippen molar-refractivity contribution >= 4 is 17.5 Å². The SMILES string of the molecule is CCOc1cc(Cl)c(CN[C@@H](Cc2ccccc2)C(N)=O)cc1OC. The number of hydrogen-bond donors (Lipinski definition) is 2. The van der Waals surface area contributed by atoms with Gasteiger partial charge < -0.3 is 20.5 Å². The molecule has 1 atom stereocenters. The van der Waals surface area contributed by atoms with Gasteiger partial charge in [0, 0.05) is 17.6 Å². The van der Waals surface area contributed by atoms with Gasteiger partial charge in [-0.25, -0.2) is 0 Å². The first-order chi connectivity index (χ1) is 12.0. The highest BCUT2D eigenvalue weighted by molar-refractivity contribution is 6.31. The van der Waals surface area contributed by atoms with Crippen molar-refractivity contribution in [1.82, 2.24) is 5.32 Å². The number of rotatable bonds is 9. The first kappa shape index (κ1) is 19.1. The third kappa shape index (κ3) is 5.37. The molecule has 0 aromatic heterocycles. The van der Waals surface area contributed by atoms with Crippen LogP contribution in [0.1, 0.15) is 18.1 Å². The van der Waals surface area contributed by atoms with Crippen LogP contribution in [0, 0.1) is 0 Å². The van der Waals surface area contributed by atoms with Gasteiger partial charge in [0.15, 0.2) is 11.5 Å². The largest absolute Gasteiger partial charge is 0.493 e. The van der Waals surface area contributed by atoms with E-state index in [2.05, 4.69) is 5.32 Å². The van der Waals surface area contributed by atoms with Crippen LogP contribution in [0.25, 0.3) is 0 Å². The number of amides is 1.